The SMILES string of the molecule is S=P12c3c4cccc3N(c3ccccc3)c3cccc(c31)N(c1ccccc1)c1cccc(c12)N4c1ccccc1. The fraction of sp³-hybridized carbons (Fsp3) is 0. The van der Waals surface area contributed by atoms with Crippen LogP contribution in [0, 0.1) is 0 Å². The topological polar surface area (TPSA) is 9.72 Å². The molecule has 0 saturated carbocycles. The Morgan fingerprint density at radius 1 is 0.317 bits per heavy atom. The second kappa shape index (κ2) is 8.44. The molecule has 0 N–H and O–H groups in total. The first-order valence-corrected chi connectivity index (χ1v) is 16.6. The van der Waals surface area contributed by atoms with E-state index in [9.17, 15) is 0 Å². The molecular formula is C36H24N3PS. The van der Waals surface area contributed by atoms with Crippen LogP contribution < -0.4 is 30.6 Å². The number of anilines is 9. The van der Waals surface area contributed by atoms with E-state index in [1.54, 1.807) is 0 Å². The summed E-state index contributed by atoms with van der Waals surface area (Å²) in [5.41, 5.74) is 10.5. The van der Waals surface area contributed by atoms with Gasteiger partial charge < -0.3 is 14.7 Å². The van der Waals surface area contributed by atoms with Gasteiger partial charge in [0.15, 0.2) is 0 Å². The molecule has 0 saturated heterocycles. The average molecular weight is 562 g/mol. The molecule has 0 fully saturated rings. The maximum atomic E-state index is 7.13. The standard InChI is InChI=1S/C36H24N3PS/c41-40-34-28-19-10-21-30(34)38(26-15-6-2-7-16-26)32-23-12-24-33(36(32)40)39(27-17-8-3-9-18-27)31-22-11-20-29(35(31)40)37(28)25-13-4-1-5-14-25/h1-24H. The van der Waals surface area contributed by atoms with Gasteiger partial charge in [-0.1, -0.05) is 84.6 Å². The molecule has 3 aliphatic rings. The Hall–Kier alpha value is -4.63. The molecule has 5 heteroatoms. The van der Waals surface area contributed by atoms with Crippen LogP contribution in [0.5, 0.6) is 0 Å². The Kier molecular flexibility index (Phi) is 4.76. The molecule has 0 aromatic heterocycles. The monoisotopic (exact) mass is 561 g/mol. The number of hydrogen-bond donors (Lipinski definition) is 0. The quantitative estimate of drug-likeness (QED) is 0.199. The third kappa shape index (κ3) is 2.96. The molecule has 3 heterocycles. The number of benzene rings is 6. The van der Waals surface area contributed by atoms with E-state index in [1.165, 1.54) is 50.0 Å². The van der Waals surface area contributed by atoms with Crippen molar-refractivity contribution in [1.29, 1.82) is 0 Å². The van der Waals surface area contributed by atoms with Gasteiger partial charge in [-0.25, -0.2) is 0 Å². The highest BCUT2D eigenvalue weighted by Gasteiger charge is 2.51. The van der Waals surface area contributed by atoms with Gasteiger partial charge in [-0.3, -0.25) is 0 Å². The molecule has 0 bridgehead atoms. The summed E-state index contributed by atoms with van der Waals surface area (Å²) in [5.74, 6) is 0. The molecule has 3 nitrogen and oxygen atoms in total. The maximum Gasteiger partial charge on any atom is 0.0573 e. The Morgan fingerprint density at radius 2 is 0.561 bits per heavy atom. The molecule has 0 amide bonds. The van der Waals surface area contributed by atoms with Crippen LogP contribution in [0.15, 0.2) is 146 Å². The normalized spacial score (nSPS) is 15.0. The average Bonchev–Trinajstić information content (AvgIpc) is 3.03. The molecule has 3 aliphatic heterocycles. The van der Waals surface area contributed by atoms with Crippen LogP contribution in [-0.2, 0) is 11.8 Å². The Labute approximate surface area is 244 Å². The lowest BCUT2D eigenvalue weighted by Gasteiger charge is -2.51. The highest BCUT2D eigenvalue weighted by molar-refractivity contribution is 8.26. The third-order valence-electron chi connectivity index (χ3n) is 8.41. The van der Waals surface area contributed by atoms with Gasteiger partial charge in [0.25, 0.3) is 0 Å². The molecule has 6 aromatic rings. The first kappa shape index (κ1) is 23.1. The summed E-state index contributed by atoms with van der Waals surface area (Å²) in [7, 11) is 0. The van der Waals surface area contributed by atoms with E-state index in [1.807, 2.05) is 0 Å². The zero-order valence-corrected chi connectivity index (χ0v) is 23.8. The summed E-state index contributed by atoms with van der Waals surface area (Å²) in [5, 5.41) is 3.82. The van der Waals surface area contributed by atoms with E-state index in [0.29, 0.717) is 0 Å². The van der Waals surface area contributed by atoms with Crippen LogP contribution in [0.1, 0.15) is 0 Å². The van der Waals surface area contributed by atoms with Crippen molar-refractivity contribution < 1.29 is 0 Å². The van der Waals surface area contributed by atoms with Crippen molar-refractivity contribution in [3.8, 4) is 0 Å². The van der Waals surface area contributed by atoms with Gasteiger partial charge in [0.2, 0.25) is 0 Å². The number of nitrogens with zero attached hydrogens (tertiary/aromatic N) is 3. The first-order valence-electron chi connectivity index (χ1n) is 13.8. The smallest absolute Gasteiger partial charge is 0.0573 e. The first-order chi connectivity index (χ1) is 20.3. The highest BCUT2D eigenvalue weighted by Crippen LogP contribution is 2.66. The lowest BCUT2D eigenvalue weighted by Crippen LogP contribution is -2.47. The van der Waals surface area contributed by atoms with Crippen molar-refractivity contribution >= 4 is 84.9 Å². The number of rotatable bonds is 3. The van der Waals surface area contributed by atoms with Crippen LogP contribution in [0.25, 0.3) is 0 Å². The second-order valence-electron chi connectivity index (χ2n) is 10.6. The van der Waals surface area contributed by atoms with Gasteiger partial charge in [-0.15, -0.1) is 0 Å². The molecule has 0 unspecified atom stereocenters. The number of hydrogen-bond acceptors (Lipinski definition) is 4. The molecule has 194 valence electrons. The molecule has 0 spiro atoms. The minimum atomic E-state index is -2.45. The second-order valence-corrected chi connectivity index (χ2v) is 14.8. The molecule has 0 aliphatic carbocycles. The van der Waals surface area contributed by atoms with Crippen molar-refractivity contribution in [3.05, 3.63) is 146 Å². The van der Waals surface area contributed by atoms with E-state index in [0.717, 1.165) is 17.1 Å². The Bertz CT molecular complexity index is 1740. The molecule has 41 heavy (non-hydrogen) atoms. The zero-order chi connectivity index (χ0) is 27.1. The fourth-order valence-electron chi connectivity index (χ4n) is 6.90. The van der Waals surface area contributed by atoms with Crippen LogP contribution in [-0.4, -0.2) is 0 Å². The van der Waals surface area contributed by atoms with E-state index in [2.05, 4.69) is 160 Å². The lowest BCUT2D eigenvalue weighted by molar-refractivity contribution is 1.23. The summed E-state index contributed by atoms with van der Waals surface area (Å²) in [6, 6.07) is 49.8. The highest BCUT2D eigenvalue weighted by atomic mass is 32.4. The minimum Gasteiger partial charge on any atom is -0.309 e. The summed E-state index contributed by atoms with van der Waals surface area (Å²) >= 11 is 7.13. The van der Waals surface area contributed by atoms with Gasteiger partial charge >= 0.3 is 0 Å². The van der Waals surface area contributed by atoms with Crippen LogP contribution in [0.3, 0.4) is 0 Å². The number of para-hydroxylation sites is 3. The van der Waals surface area contributed by atoms with Crippen molar-refractivity contribution in [2.24, 2.45) is 0 Å². The van der Waals surface area contributed by atoms with Gasteiger partial charge in [0.1, 0.15) is 0 Å². The van der Waals surface area contributed by atoms with E-state index in [4.69, 9.17) is 11.8 Å². The van der Waals surface area contributed by atoms with E-state index < -0.39 is 6.04 Å². The van der Waals surface area contributed by atoms with Crippen molar-refractivity contribution in [1.82, 2.24) is 0 Å². The lowest BCUT2D eigenvalue weighted by atomic mass is 10.1. The van der Waals surface area contributed by atoms with Crippen molar-refractivity contribution in [2.75, 3.05) is 14.7 Å². The summed E-state index contributed by atoms with van der Waals surface area (Å²) in [4.78, 5) is 7.27. The Morgan fingerprint density at radius 3 is 0.805 bits per heavy atom. The maximum absolute atomic E-state index is 7.13. The van der Waals surface area contributed by atoms with Gasteiger partial charge in [0, 0.05) is 33.0 Å². The van der Waals surface area contributed by atoms with E-state index >= 15 is 0 Å². The molecular weight excluding hydrogens is 537 g/mol. The minimum absolute atomic E-state index is 1.14. The summed E-state index contributed by atoms with van der Waals surface area (Å²) in [6.07, 6.45) is 0. The molecule has 6 aromatic carbocycles. The third-order valence-corrected chi connectivity index (χ3v) is 13.3. The summed E-state index contributed by atoms with van der Waals surface area (Å²) in [6.45, 7) is 0. The molecule has 9 rings (SSSR count). The van der Waals surface area contributed by atoms with Crippen LogP contribution in [0.2, 0.25) is 0 Å². The van der Waals surface area contributed by atoms with Crippen molar-refractivity contribution in [3.63, 3.8) is 0 Å². The molecule has 0 atom stereocenters. The van der Waals surface area contributed by atoms with Crippen molar-refractivity contribution in [2.45, 2.75) is 0 Å². The van der Waals surface area contributed by atoms with Gasteiger partial charge in [0.05, 0.1) is 40.2 Å². The van der Waals surface area contributed by atoms with Gasteiger partial charge in [-0.2, -0.15) is 0 Å². The zero-order valence-electron chi connectivity index (χ0n) is 22.1. The summed E-state index contributed by atoms with van der Waals surface area (Å²) < 4.78 is 0. The van der Waals surface area contributed by atoms with Gasteiger partial charge in [-0.05, 0) is 72.8 Å². The fourth-order valence-corrected chi connectivity index (χ4v) is 12.2. The van der Waals surface area contributed by atoms with E-state index in [-0.39, 0.29) is 0 Å². The molecule has 0 radical (unpaired) electrons. The predicted octanol–water partition coefficient (Wildman–Crippen LogP) is 8.79. The largest absolute Gasteiger partial charge is 0.309 e. The Balaban J connectivity index is 1.48. The van der Waals surface area contributed by atoms with Crippen LogP contribution in [0.4, 0.5) is 51.2 Å². The van der Waals surface area contributed by atoms with Crippen LogP contribution >= 0.6 is 6.04 Å². The predicted molar refractivity (Wildman–Crippen MR) is 177 cm³/mol.